The molecule has 0 aliphatic carbocycles. The quantitative estimate of drug-likeness (QED) is 0.428. The van der Waals surface area contributed by atoms with Gasteiger partial charge in [0.25, 0.3) is 0 Å². The van der Waals surface area contributed by atoms with E-state index >= 15 is 0 Å². The summed E-state index contributed by atoms with van der Waals surface area (Å²) in [5.41, 5.74) is 10.7. The Morgan fingerprint density at radius 1 is 1.18 bits per heavy atom. The van der Waals surface area contributed by atoms with Crippen molar-refractivity contribution in [3.05, 3.63) is 0 Å². The first-order valence-corrected chi connectivity index (χ1v) is 4.70. The van der Waals surface area contributed by atoms with Crippen LogP contribution in [0.15, 0.2) is 0 Å². The summed E-state index contributed by atoms with van der Waals surface area (Å²) >= 11 is 0. The monoisotopic (exact) mass is 244 g/mol. The van der Waals surface area contributed by atoms with Crippen molar-refractivity contribution in [1.82, 2.24) is 15.0 Å². The van der Waals surface area contributed by atoms with E-state index in [2.05, 4.69) is 20.3 Å². The highest BCUT2D eigenvalue weighted by molar-refractivity contribution is 5.36. The number of aliphatic hydroxyl groups is 1. The molecule has 1 rings (SSSR count). The summed E-state index contributed by atoms with van der Waals surface area (Å²) in [7, 11) is 0. The fourth-order valence-electron chi connectivity index (χ4n) is 0.890. The van der Waals surface area contributed by atoms with Crippen molar-refractivity contribution in [2.24, 2.45) is 0 Å². The first-order valence-electron chi connectivity index (χ1n) is 4.70. The Bertz CT molecular complexity index is 304. The van der Waals surface area contributed by atoms with Crippen LogP contribution >= 0.6 is 0 Å². The lowest BCUT2D eigenvalue weighted by atomic mass is 10.6. The molecule has 0 spiro atoms. The van der Waals surface area contributed by atoms with Crippen LogP contribution in [0.4, 0.5) is 17.8 Å². The van der Waals surface area contributed by atoms with E-state index in [1.807, 2.05) is 6.79 Å². The van der Waals surface area contributed by atoms with Crippen LogP contribution in [0, 0.1) is 0 Å². The summed E-state index contributed by atoms with van der Waals surface area (Å²) in [5.74, 6) is 0.454. The van der Waals surface area contributed by atoms with Gasteiger partial charge in [-0.05, 0) is 0 Å². The molecule has 0 radical (unpaired) electrons. The Hall–Kier alpha value is -2.00. The maximum absolute atomic E-state index is 8.44. The fraction of sp³-hybridized carbons (Fsp3) is 0.500. The third-order valence-electron chi connectivity index (χ3n) is 1.44. The van der Waals surface area contributed by atoms with Gasteiger partial charge in [-0.2, -0.15) is 15.0 Å². The highest BCUT2D eigenvalue weighted by Gasteiger charge is 1.99. The molecule has 1 aromatic heterocycles. The maximum Gasteiger partial charge on any atom is 0.229 e. The van der Waals surface area contributed by atoms with Gasteiger partial charge in [0.2, 0.25) is 17.8 Å². The van der Waals surface area contributed by atoms with Crippen LogP contribution in [0.2, 0.25) is 0 Å². The number of carbonyl (C=O) groups is 1. The highest BCUT2D eigenvalue weighted by Crippen LogP contribution is 2.02. The average Bonchev–Trinajstić information content (AvgIpc) is 2.30. The van der Waals surface area contributed by atoms with Gasteiger partial charge in [0.1, 0.15) is 6.79 Å². The van der Waals surface area contributed by atoms with Gasteiger partial charge in [0.15, 0.2) is 0 Å². The molecule has 96 valence electrons. The molecule has 0 aliphatic heterocycles. The first-order chi connectivity index (χ1) is 8.22. The smallest absolute Gasteiger partial charge is 0.229 e. The number of hydrogen-bond donors (Lipinski definition) is 4. The largest absolute Gasteiger partial charge is 0.394 e. The second-order valence-corrected chi connectivity index (χ2v) is 2.64. The third kappa shape index (κ3) is 6.98. The predicted octanol–water partition coefficient (Wildman–Crippen LogP) is -1.73. The summed E-state index contributed by atoms with van der Waals surface area (Å²) in [4.78, 5) is 19.2. The molecule has 0 saturated carbocycles. The lowest BCUT2D eigenvalue weighted by Crippen LogP contribution is -2.14. The predicted molar refractivity (Wildman–Crippen MR) is 62.2 cm³/mol. The van der Waals surface area contributed by atoms with E-state index in [0.29, 0.717) is 25.7 Å². The molecule has 0 aromatic carbocycles. The lowest BCUT2D eigenvalue weighted by molar-refractivity contribution is -0.0979. The minimum absolute atomic E-state index is 0.00561. The van der Waals surface area contributed by atoms with Crippen LogP contribution in [-0.2, 0) is 9.53 Å². The van der Waals surface area contributed by atoms with Crippen molar-refractivity contribution >= 4 is 24.6 Å². The second-order valence-electron chi connectivity index (χ2n) is 2.64. The number of nitrogens with zero attached hydrogens (tertiary/aromatic N) is 3. The molecule has 9 heteroatoms. The molecule has 0 atom stereocenters. The van der Waals surface area contributed by atoms with Crippen LogP contribution < -0.4 is 16.8 Å². The Labute approximate surface area is 98.2 Å². The van der Waals surface area contributed by atoms with Gasteiger partial charge in [0, 0.05) is 6.54 Å². The third-order valence-corrected chi connectivity index (χ3v) is 1.44. The van der Waals surface area contributed by atoms with Crippen LogP contribution in [0.5, 0.6) is 0 Å². The van der Waals surface area contributed by atoms with Crippen molar-refractivity contribution in [1.29, 1.82) is 0 Å². The zero-order valence-electron chi connectivity index (χ0n) is 9.30. The van der Waals surface area contributed by atoms with Gasteiger partial charge in [-0.25, -0.2) is 0 Å². The molecule has 17 heavy (non-hydrogen) atoms. The zero-order valence-corrected chi connectivity index (χ0v) is 9.30. The number of nitrogen functional groups attached to an aromatic ring is 2. The van der Waals surface area contributed by atoms with Gasteiger partial charge >= 0.3 is 0 Å². The summed E-state index contributed by atoms with van der Waals surface area (Å²) < 4.78 is 5.02. The number of aromatic nitrogens is 3. The van der Waals surface area contributed by atoms with Crippen molar-refractivity contribution in [2.75, 3.05) is 43.1 Å². The van der Waals surface area contributed by atoms with Gasteiger partial charge in [-0.1, -0.05) is 0 Å². The average molecular weight is 244 g/mol. The van der Waals surface area contributed by atoms with E-state index in [0.717, 1.165) is 0 Å². The number of nitrogens with one attached hydrogen (secondary N) is 1. The number of carbonyl (C=O) groups excluding carboxylic acids is 1. The minimum Gasteiger partial charge on any atom is -0.394 e. The molecule has 0 bridgehead atoms. The molecular weight excluding hydrogens is 228 g/mol. The Morgan fingerprint density at radius 2 is 1.76 bits per heavy atom. The molecule has 0 saturated heterocycles. The van der Waals surface area contributed by atoms with Crippen molar-refractivity contribution in [3.63, 3.8) is 0 Å². The molecule has 0 amide bonds. The second kappa shape index (κ2) is 9.24. The number of nitrogens with two attached hydrogens (primary N) is 2. The van der Waals surface area contributed by atoms with E-state index in [1.165, 1.54) is 0 Å². The molecule has 1 aromatic rings. The SMILES string of the molecule is C=O.Nc1nc(N)nc(NCCOCCO)n1. The van der Waals surface area contributed by atoms with E-state index in [-0.39, 0.29) is 18.5 Å². The van der Waals surface area contributed by atoms with Crippen molar-refractivity contribution < 1.29 is 14.6 Å². The van der Waals surface area contributed by atoms with E-state index in [4.69, 9.17) is 26.1 Å². The Kier molecular flexibility index (Phi) is 8.15. The summed E-state index contributed by atoms with van der Waals surface area (Å²) in [6.07, 6.45) is 0. The van der Waals surface area contributed by atoms with E-state index < -0.39 is 0 Å². The van der Waals surface area contributed by atoms with E-state index in [9.17, 15) is 0 Å². The number of hydrogen-bond acceptors (Lipinski definition) is 9. The number of rotatable bonds is 6. The molecular formula is C8H16N6O3. The van der Waals surface area contributed by atoms with Gasteiger partial charge in [-0.15, -0.1) is 0 Å². The minimum atomic E-state index is 0.00561. The number of aliphatic hydroxyl groups excluding tert-OH is 1. The molecule has 0 unspecified atom stereocenters. The maximum atomic E-state index is 8.44. The Balaban J connectivity index is 0.00000121. The van der Waals surface area contributed by atoms with Gasteiger partial charge in [-0.3, -0.25) is 0 Å². The molecule has 0 fully saturated rings. The fourth-order valence-corrected chi connectivity index (χ4v) is 0.890. The van der Waals surface area contributed by atoms with Crippen molar-refractivity contribution in [3.8, 4) is 0 Å². The van der Waals surface area contributed by atoms with Crippen molar-refractivity contribution in [2.45, 2.75) is 0 Å². The number of anilines is 3. The van der Waals surface area contributed by atoms with Crippen LogP contribution in [-0.4, -0.2) is 53.2 Å². The van der Waals surface area contributed by atoms with E-state index in [1.54, 1.807) is 0 Å². The first kappa shape index (κ1) is 15.0. The molecule has 6 N–H and O–H groups in total. The zero-order chi connectivity index (χ0) is 13.1. The van der Waals surface area contributed by atoms with Crippen LogP contribution in [0.25, 0.3) is 0 Å². The molecule has 9 nitrogen and oxygen atoms in total. The van der Waals surface area contributed by atoms with Gasteiger partial charge < -0.3 is 31.4 Å². The summed E-state index contributed by atoms with van der Waals surface area (Å²) in [5, 5.41) is 11.3. The highest BCUT2D eigenvalue weighted by atomic mass is 16.5. The van der Waals surface area contributed by atoms with Crippen LogP contribution in [0.3, 0.4) is 0 Å². The summed E-state index contributed by atoms with van der Waals surface area (Å²) in [6.45, 7) is 3.25. The Morgan fingerprint density at radius 3 is 2.29 bits per heavy atom. The topological polar surface area (TPSA) is 149 Å². The lowest BCUT2D eigenvalue weighted by Gasteiger charge is -2.05. The number of ether oxygens (including phenoxy) is 1. The summed E-state index contributed by atoms with van der Waals surface area (Å²) in [6, 6.07) is 0. The normalized spacial score (nSPS) is 9.24. The van der Waals surface area contributed by atoms with Gasteiger partial charge in [0.05, 0.1) is 19.8 Å². The standard InChI is InChI=1S/C7H14N6O2.CH2O/c8-5-11-6(9)13-7(12-5)10-1-3-15-4-2-14;1-2/h14H,1-4H2,(H5,8,9,10,11,12,13);1H2. The molecule has 0 aliphatic rings. The molecule has 1 heterocycles. The van der Waals surface area contributed by atoms with Crippen LogP contribution in [0.1, 0.15) is 0 Å².